The molecular formula is C15H21NO4S. The zero-order valence-corrected chi connectivity index (χ0v) is 13.2. The highest BCUT2D eigenvalue weighted by Gasteiger charge is 2.27. The minimum Gasteiger partial charge on any atom is -0.490 e. The zero-order valence-electron chi connectivity index (χ0n) is 12.3. The number of rotatable bonds is 5. The maximum atomic E-state index is 12.4. The maximum Gasteiger partial charge on any atom is 0.168 e. The van der Waals surface area contributed by atoms with Gasteiger partial charge in [0.1, 0.15) is 5.75 Å². The summed E-state index contributed by atoms with van der Waals surface area (Å²) in [5.74, 6) is 0.619. The van der Waals surface area contributed by atoms with Crippen LogP contribution in [0.15, 0.2) is 24.3 Å². The van der Waals surface area contributed by atoms with Gasteiger partial charge in [-0.3, -0.25) is 4.79 Å². The van der Waals surface area contributed by atoms with Gasteiger partial charge in [0, 0.05) is 19.0 Å². The highest BCUT2D eigenvalue weighted by atomic mass is 32.2. The van der Waals surface area contributed by atoms with Crippen LogP contribution in [0.25, 0.3) is 0 Å². The molecular weight excluding hydrogens is 290 g/mol. The number of ketones is 1. The molecule has 5 nitrogen and oxygen atoms in total. The monoisotopic (exact) mass is 311 g/mol. The summed E-state index contributed by atoms with van der Waals surface area (Å²) < 4.78 is 28.9. The normalized spacial score (nSPS) is 21.2. The fourth-order valence-electron chi connectivity index (χ4n) is 2.39. The summed E-state index contributed by atoms with van der Waals surface area (Å²) in [7, 11) is -3.03. The minimum atomic E-state index is -3.03. The molecule has 0 saturated carbocycles. The Hall–Kier alpha value is -1.40. The largest absolute Gasteiger partial charge is 0.490 e. The third kappa shape index (κ3) is 4.54. The van der Waals surface area contributed by atoms with Crippen molar-refractivity contribution in [3.8, 4) is 5.75 Å². The first kappa shape index (κ1) is 16.0. The van der Waals surface area contributed by atoms with Crippen LogP contribution in [-0.4, -0.2) is 44.4 Å². The van der Waals surface area contributed by atoms with Crippen LogP contribution in [0.3, 0.4) is 0 Å². The van der Waals surface area contributed by atoms with Crippen LogP contribution in [0.2, 0.25) is 0 Å². The summed E-state index contributed by atoms with van der Waals surface area (Å²) in [6, 6.07) is 6.77. The fourth-order valence-corrected chi connectivity index (χ4v) is 3.83. The van der Waals surface area contributed by atoms with Crippen molar-refractivity contribution in [2.45, 2.75) is 32.4 Å². The van der Waals surface area contributed by atoms with E-state index in [0.717, 1.165) is 0 Å². The van der Waals surface area contributed by atoms with Crippen molar-refractivity contribution >= 4 is 15.6 Å². The number of nitrogens with one attached hydrogen (secondary N) is 1. The third-order valence-electron chi connectivity index (χ3n) is 3.28. The first-order valence-corrected chi connectivity index (χ1v) is 8.92. The second-order valence-corrected chi connectivity index (χ2v) is 7.78. The van der Waals surface area contributed by atoms with Gasteiger partial charge in [0.05, 0.1) is 23.2 Å². The Labute approximate surface area is 125 Å². The van der Waals surface area contributed by atoms with Gasteiger partial charge in [-0.1, -0.05) is 12.1 Å². The molecule has 0 spiro atoms. The highest BCUT2D eigenvalue weighted by molar-refractivity contribution is 7.91. The van der Waals surface area contributed by atoms with Gasteiger partial charge in [0.2, 0.25) is 0 Å². The van der Waals surface area contributed by atoms with Crippen LogP contribution < -0.4 is 10.1 Å². The lowest BCUT2D eigenvalue weighted by Gasteiger charge is -2.23. The van der Waals surface area contributed by atoms with E-state index in [-0.39, 0.29) is 35.9 Å². The molecule has 1 heterocycles. The summed E-state index contributed by atoms with van der Waals surface area (Å²) in [6.45, 7) is 4.21. The van der Waals surface area contributed by atoms with Gasteiger partial charge in [0.25, 0.3) is 0 Å². The van der Waals surface area contributed by atoms with E-state index in [4.69, 9.17) is 4.74 Å². The van der Waals surface area contributed by atoms with Crippen LogP contribution >= 0.6 is 0 Å². The van der Waals surface area contributed by atoms with E-state index in [1.54, 1.807) is 18.2 Å². The van der Waals surface area contributed by atoms with E-state index < -0.39 is 9.84 Å². The molecule has 6 heteroatoms. The third-order valence-corrected chi connectivity index (χ3v) is 5.02. The first-order valence-electron chi connectivity index (χ1n) is 7.10. The number of para-hydroxylation sites is 1. The molecule has 116 valence electrons. The average molecular weight is 311 g/mol. The molecule has 1 aliphatic heterocycles. The number of benzene rings is 1. The Kier molecular flexibility index (Phi) is 5.00. The van der Waals surface area contributed by atoms with E-state index >= 15 is 0 Å². The second-order valence-electron chi connectivity index (χ2n) is 5.56. The standard InChI is InChI=1S/C15H21NO4S/c1-11(2)20-15-6-4-3-5-13(15)14(17)9-12-10-21(18,19)8-7-16-12/h3-6,11-12,16H,7-10H2,1-2H3. The molecule has 1 N–H and O–H groups in total. The molecule has 0 aliphatic carbocycles. The van der Waals surface area contributed by atoms with Gasteiger partial charge >= 0.3 is 0 Å². The van der Waals surface area contributed by atoms with Gasteiger partial charge in [-0.15, -0.1) is 0 Å². The van der Waals surface area contributed by atoms with Crippen molar-refractivity contribution in [3.05, 3.63) is 29.8 Å². The number of Topliss-reactive ketones (excluding diaryl/α,β-unsaturated/α-hetero) is 1. The zero-order chi connectivity index (χ0) is 15.5. The summed E-state index contributed by atoms with van der Waals surface area (Å²) in [4.78, 5) is 12.4. The molecule has 0 radical (unpaired) electrons. The summed E-state index contributed by atoms with van der Waals surface area (Å²) >= 11 is 0. The van der Waals surface area contributed by atoms with Crippen molar-refractivity contribution in [1.29, 1.82) is 0 Å². The lowest BCUT2D eigenvalue weighted by atomic mass is 10.0. The SMILES string of the molecule is CC(C)Oc1ccccc1C(=O)CC1CS(=O)(=O)CCN1. The fraction of sp³-hybridized carbons (Fsp3) is 0.533. The molecule has 1 saturated heterocycles. The number of carbonyl (C=O) groups excluding carboxylic acids is 1. The van der Waals surface area contributed by atoms with Crippen LogP contribution in [0.4, 0.5) is 0 Å². The second kappa shape index (κ2) is 6.58. The molecule has 1 unspecified atom stereocenters. The van der Waals surface area contributed by atoms with Crippen LogP contribution in [0, 0.1) is 0 Å². The van der Waals surface area contributed by atoms with Crippen molar-refractivity contribution in [2.75, 3.05) is 18.1 Å². The Balaban J connectivity index is 2.10. The van der Waals surface area contributed by atoms with Crippen molar-refractivity contribution in [3.63, 3.8) is 0 Å². The number of sulfone groups is 1. The lowest BCUT2D eigenvalue weighted by Crippen LogP contribution is -2.46. The van der Waals surface area contributed by atoms with Crippen molar-refractivity contribution in [1.82, 2.24) is 5.32 Å². The molecule has 2 rings (SSSR count). The lowest BCUT2D eigenvalue weighted by molar-refractivity contribution is 0.0966. The van der Waals surface area contributed by atoms with Gasteiger partial charge in [-0.2, -0.15) is 0 Å². The summed E-state index contributed by atoms with van der Waals surface area (Å²) in [5.41, 5.74) is 0.510. The topological polar surface area (TPSA) is 72.5 Å². The molecule has 0 bridgehead atoms. The number of carbonyl (C=O) groups is 1. The van der Waals surface area contributed by atoms with Crippen LogP contribution in [0.1, 0.15) is 30.6 Å². The van der Waals surface area contributed by atoms with Crippen molar-refractivity contribution < 1.29 is 17.9 Å². The van der Waals surface area contributed by atoms with E-state index in [9.17, 15) is 13.2 Å². The van der Waals surface area contributed by atoms with E-state index in [1.807, 2.05) is 19.9 Å². The van der Waals surface area contributed by atoms with Gasteiger partial charge in [-0.05, 0) is 26.0 Å². The minimum absolute atomic E-state index is 0.0198. The molecule has 1 aliphatic rings. The van der Waals surface area contributed by atoms with Gasteiger partial charge in [0.15, 0.2) is 15.6 Å². The molecule has 0 amide bonds. The molecule has 1 fully saturated rings. The smallest absolute Gasteiger partial charge is 0.168 e. The van der Waals surface area contributed by atoms with E-state index in [1.165, 1.54) is 0 Å². The molecule has 1 aromatic rings. The maximum absolute atomic E-state index is 12.4. The molecule has 21 heavy (non-hydrogen) atoms. The van der Waals surface area contributed by atoms with Gasteiger partial charge < -0.3 is 10.1 Å². The molecule has 1 aromatic carbocycles. The summed E-state index contributed by atoms with van der Waals surface area (Å²) in [6.07, 6.45) is 0.143. The summed E-state index contributed by atoms with van der Waals surface area (Å²) in [5, 5.41) is 3.09. The molecule has 0 aromatic heterocycles. The highest BCUT2D eigenvalue weighted by Crippen LogP contribution is 2.22. The van der Waals surface area contributed by atoms with Gasteiger partial charge in [-0.25, -0.2) is 8.42 Å². The average Bonchev–Trinajstić information content (AvgIpc) is 2.37. The van der Waals surface area contributed by atoms with E-state index in [2.05, 4.69) is 5.32 Å². The number of ether oxygens (including phenoxy) is 1. The number of hydrogen-bond acceptors (Lipinski definition) is 5. The first-order chi connectivity index (χ1) is 9.87. The van der Waals surface area contributed by atoms with Crippen LogP contribution in [-0.2, 0) is 9.84 Å². The van der Waals surface area contributed by atoms with Crippen LogP contribution in [0.5, 0.6) is 5.75 Å². The van der Waals surface area contributed by atoms with Crippen molar-refractivity contribution in [2.24, 2.45) is 0 Å². The Morgan fingerprint density at radius 3 is 2.76 bits per heavy atom. The predicted molar refractivity (Wildman–Crippen MR) is 81.6 cm³/mol. The van der Waals surface area contributed by atoms with E-state index in [0.29, 0.717) is 17.9 Å². The molecule has 1 atom stereocenters. The number of hydrogen-bond donors (Lipinski definition) is 1. The predicted octanol–water partition coefficient (Wildman–Crippen LogP) is 1.43. The Bertz CT molecular complexity index is 610. The Morgan fingerprint density at radius 2 is 2.10 bits per heavy atom. The quantitative estimate of drug-likeness (QED) is 0.833. The Morgan fingerprint density at radius 1 is 1.38 bits per heavy atom.